The highest BCUT2D eigenvalue weighted by atomic mass is 19.1. The zero-order valence-corrected chi connectivity index (χ0v) is 33.0. The molecule has 5 amide bonds. The molecule has 0 bridgehead atoms. The summed E-state index contributed by atoms with van der Waals surface area (Å²) in [5.41, 5.74) is 3.31. The van der Waals surface area contributed by atoms with Crippen molar-refractivity contribution in [2.75, 3.05) is 31.1 Å². The number of carbonyl (C=O) groups is 5. The Kier molecular flexibility index (Phi) is 8.57. The Morgan fingerprint density at radius 1 is 0.862 bits per heavy atom. The number of hydrogen-bond donors (Lipinski definition) is 1. The maximum absolute atomic E-state index is 14.7. The third kappa shape index (κ3) is 5.70. The van der Waals surface area contributed by atoms with Crippen LogP contribution in [0.5, 0.6) is 5.75 Å². The molecule has 5 heterocycles. The highest BCUT2D eigenvalue weighted by Gasteiger charge is 2.67. The van der Waals surface area contributed by atoms with Crippen molar-refractivity contribution in [3.05, 3.63) is 93.3 Å². The summed E-state index contributed by atoms with van der Waals surface area (Å²) in [6.07, 6.45) is -0.0969. The second-order valence-electron chi connectivity index (χ2n) is 17.7. The van der Waals surface area contributed by atoms with Gasteiger partial charge < -0.3 is 14.5 Å². The molecule has 3 aromatic carbocycles. The predicted octanol–water partition coefficient (Wildman–Crippen LogP) is 4.42. The van der Waals surface area contributed by atoms with E-state index in [1.165, 1.54) is 6.07 Å². The van der Waals surface area contributed by atoms with Gasteiger partial charge in [-0.15, -0.1) is 0 Å². The number of nitrogens with zero attached hydrogens (tertiary/aromatic N) is 5. The second kappa shape index (κ2) is 13.2. The molecule has 1 atom stereocenters. The number of benzene rings is 3. The van der Waals surface area contributed by atoms with Crippen LogP contribution in [0, 0.1) is 52.7 Å². The van der Waals surface area contributed by atoms with E-state index in [1.54, 1.807) is 25.1 Å². The number of fused-ring (bicyclic) bond motifs is 2. The zero-order chi connectivity index (χ0) is 41.0. The van der Waals surface area contributed by atoms with Crippen LogP contribution in [0.15, 0.2) is 48.5 Å². The van der Waals surface area contributed by atoms with Gasteiger partial charge in [0.05, 0.1) is 16.7 Å². The molecule has 3 aromatic rings. The maximum Gasteiger partial charge on any atom is 0.262 e. The van der Waals surface area contributed by atoms with Crippen LogP contribution in [0.3, 0.4) is 0 Å². The van der Waals surface area contributed by atoms with Crippen LogP contribution in [-0.2, 0) is 16.1 Å². The molecule has 13 heteroatoms. The first kappa shape index (κ1) is 37.5. The van der Waals surface area contributed by atoms with E-state index in [0.717, 1.165) is 47.9 Å². The number of imide groups is 2. The number of rotatable bonds is 6. The monoisotopic (exact) mass is 782 g/mol. The van der Waals surface area contributed by atoms with Gasteiger partial charge in [-0.3, -0.25) is 39.1 Å². The summed E-state index contributed by atoms with van der Waals surface area (Å²) >= 11 is 0. The summed E-state index contributed by atoms with van der Waals surface area (Å²) in [5, 5.41) is 11.4. The fraction of sp³-hybridized carbons (Fsp3) is 0.422. The molecule has 3 saturated heterocycles. The van der Waals surface area contributed by atoms with Gasteiger partial charge in [0.25, 0.3) is 17.7 Å². The van der Waals surface area contributed by atoms with Gasteiger partial charge in [-0.05, 0) is 67.4 Å². The lowest BCUT2D eigenvalue weighted by Gasteiger charge is -2.65. The summed E-state index contributed by atoms with van der Waals surface area (Å²) in [6, 6.07) is 15.2. The predicted molar refractivity (Wildman–Crippen MR) is 209 cm³/mol. The van der Waals surface area contributed by atoms with E-state index in [2.05, 4.69) is 54.7 Å². The number of carbonyl (C=O) groups excluding carboxylic acids is 5. The normalized spacial score (nSPS) is 24.9. The topological polar surface area (TPSA) is 143 Å². The minimum atomic E-state index is -0.989. The quantitative estimate of drug-likeness (QED) is 0.284. The number of piperidine rings is 1. The third-order valence-electron chi connectivity index (χ3n) is 13.2. The average Bonchev–Trinajstić information content (AvgIpc) is 3.58. The molecule has 5 aliphatic heterocycles. The van der Waals surface area contributed by atoms with E-state index in [4.69, 9.17) is 4.74 Å². The standard InChI is InChI=1S/C45H43FN6O6/c1-24-35(14-9-27(18-47)37(24)46)58-43-44(2,3)42(45(43,4)5)51-21-28-16-25(8-11-31(28)39(51)55)6-7-26-19-49(20-26)30-22-50(23-30)29-10-12-32-33(17-29)41(57)52(40(32)56)34-13-15-36(53)48-38(34)54/h8-12,14,16-17,26,30,34,42-43H,13,15,19-23H2,1-5H3,(H,48,53,54). The fourth-order valence-corrected chi connectivity index (χ4v) is 10.5. The van der Waals surface area contributed by atoms with Crippen LogP contribution in [0.2, 0.25) is 0 Å². The van der Waals surface area contributed by atoms with Crippen LogP contribution in [0.1, 0.15) is 93.9 Å². The summed E-state index contributed by atoms with van der Waals surface area (Å²) in [6.45, 7) is 13.7. The minimum absolute atomic E-state index is 0.0157. The van der Waals surface area contributed by atoms with Crippen molar-refractivity contribution in [3.63, 3.8) is 0 Å². The molecule has 296 valence electrons. The van der Waals surface area contributed by atoms with Crippen molar-refractivity contribution in [2.24, 2.45) is 16.7 Å². The van der Waals surface area contributed by atoms with Gasteiger partial charge in [-0.1, -0.05) is 39.5 Å². The van der Waals surface area contributed by atoms with Crippen molar-refractivity contribution in [2.45, 2.75) is 78.2 Å². The van der Waals surface area contributed by atoms with Crippen molar-refractivity contribution in [1.82, 2.24) is 20.0 Å². The lowest BCUT2D eigenvalue weighted by Crippen LogP contribution is -2.74. The molecule has 6 aliphatic rings. The van der Waals surface area contributed by atoms with Crippen molar-refractivity contribution in [1.29, 1.82) is 5.26 Å². The highest BCUT2D eigenvalue weighted by molar-refractivity contribution is 6.23. The fourth-order valence-electron chi connectivity index (χ4n) is 10.5. The van der Waals surface area contributed by atoms with Crippen molar-refractivity contribution in [3.8, 4) is 23.7 Å². The van der Waals surface area contributed by atoms with Gasteiger partial charge >= 0.3 is 0 Å². The molecule has 1 unspecified atom stereocenters. The van der Waals surface area contributed by atoms with Gasteiger partial charge in [0.1, 0.15) is 29.8 Å². The third-order valence-corrected chi connectivity index (χ3v) is 13.2. The molecule has 0 aromatic heterocycles. The van der Waals surface area contributed by atoms with E-state index in [0.29, 0.717) is 29.5 Å². The average molecular weight is 783 g/mol. The second-order valence-corrected chi connectivity index (χ2v) is 17.7. The van der Waals surface area contributed by atoms with Crippen LogP contribution in [0.25, 0.3) is 0 Å². The van der Waals surface area contributed by atoms with Crippen LogP contribution in [-0.4, -0.2) is 94.6 Å². The van der Waals surface area contributed by atoms with E-state index >= 15 is 0 Å². The smallest absolute Gasteiger partial charge is 0.262 e. The molecular formula is C45H43FN6O6. The first-order chi connectivity index (χ1) is 27.6. The molecule has 9 rings (SSSR count). The van der Waals surface area contributed by atoms with Crippen molar-refractivity contribution >= 4 is 35.2 Å². The maximum atomic E-state index is 14.7. The van der Waals surface area contributed by atoms with E-state index in [9.17, 15) is 33.6 Å². The van der Waals surface area contributed by atoms with Crippen LogP contribution < -0.4 is 15.0 Å². The number of nitriles is 1. The Labute approximate surface area is 335 Å². The Hall–Kier alpha value is -6.05. The summed E-state index contributed by atoms with van der Waals surface area (Å²) in [4.78, 5) is 71.7. The lowest BCUT2D eigenvalue weighted by atomic mass is 9.49. The Morgan fingerprint density at radius 2 is 1.57 bits per heavy atom. The van der Waals surface area contributed by atoms with Gasteiger partial charge in [0, 0.05) is 90.4 Å². The number of hydrogen-bond acceptors (Lipinski definition) is 9. The molecular weight excluding hydrogens is 740 g/mol. The lowest BCUT2D eigenvalue weighted by molar-refractivity contribution is -0.199. The van der Waals surface area contributed by atoms with Gasteiger partial charge in [-0.2, -0.15) is 5.26 Å². The van der Waals surface area contributed by atoms with Gasteiger partial charge in [0.15, 0.2) is 0 Å². The zero-order valence-electron chi connectivity index (χ0n) is 33.0. The largest absolute Gasteiger partial charge is 0.489 e. The van der Waals surface area contributed by atoms with E-state index in [-0.39, 0.29) is 53.5 Å². The summed E-state index contributed by atoms with van der Waals surface area (Å²) < 4.78 is 21.2. The summed E-state index contributed by atoms with van der Waals surface area (Å²) in [5.74, 6) is 4.77. The molecule has 0 spiro atoms. The first-order valence-corrected chi connectivity index (χ1v) is 19.7. The number of halogens is 1. The minimum Gasteiger partial charge on any atom is -0.489 e. The van der Waals surface area contributed by atoms with Crippen LogP contribution >= 0.6 is 0 Å². The number of amides is 5. The molecule has 1 aliphatic carbocycles. The van der Waals surface area contributed by atoms with Crippen molar-refractivity contribution < 1.29 is 33.1 Å². The number of likely N-dealkylation sites (tertiary alicyclic amines) is 1. The SMILES string of the molecule is Cc1c(OC2C(C)(C)C(N3Cc4cc(C#CC5CN(C6CN(c7ccc8c(c7)C(=O)N(C7CCC(=O)NC7=O)C8=O)C6)C5)ccc4C3=O)C2(C)C)ccc(C#N)c1F. The van der Waals surface area contributed by atoms with E-state index in [1.807, 2.05) is 35.2 Å². The molecule has 4 fully saturated rings. The molecule has 58 heavy (non-hydrogen) atoms. The molecule has 1 N–H and O–H groups in total. The van der Waals surface area contributed by atoms with Crippen LogP contribution in [0.4, 0.5) is 10.1 Å². The molecule has 0 radical (unpaired) electrons. The van der Waals surface area contributed by atoms with E-state index < -0.39 is 46.3 Å². The first-order valence-electron chi connectivity index (χ1n) is 19.7. The van der Waals surface area contributed by atoms with Gasteiger partial charge in [-0.25, -0.2) is 4.39 Å². The molecule has 12 nitrogen and oxygen atoms in total. The molecule has 1 saturated carbocycles. The Bertz CT molecular complexity index is 2450. The van der Waals surface area contributed by atoms with Gasteiger partial charge in [0.2, 0.25) is 11.8 Å². The highest BCUT2D eigenvalue weighted by Crippen LogP contribution is 2.59. The summed E-state index contributed by atoms with van der Waals surface area (Å²) in [7, 11) is 0. The number of nitrogens with one attached hydrogen (secondary N) is 1. The number of ether oxygens (including phenoxy) is 1. The Morgan fingerprint density at radius 3 is 2.28 bits per heavy atom. The Balaban J connectivity index is 0.787. The number of anilines is 1.